The van der Waals surface area contributed by atoms with E-state index in [4.69, 9.17) is 4.74 Å². The smallest absolute Gasteiger partial charge is 0.224 e. The van der Waals surface area contributed by atoms with E-state index < -0.39 is 0 Å². The number of carbonyl (C=O) groups excluding carboxylic acids is 1. The van der Waals surface area contributed by atoms with Crippen molar-refractivity contribution < 1.29 is 9.53 Å². The molecule has 4 nitrogen and oxygen atoms in total. The number of ether oxygens (including phenoxy) is 1. The van der Waals surface area contributed by atoms with Crippen LogP contribution >= 0.6 is 0 Å². The molecule has 0 saturated carbocycles. The first-order valence-corrected chi connectivity index (χ1v) is 8.04. The molecule has 0 aromatic heterocycles. The Labute approximate surface area is 126 Å². The minimum absolute atomic E-state index is 0.123. The van der Waals surface area contributed by atoms with E-state index >= 15 is 0 Å². The third kappa shape index (κ3) is 3.44. The molecule has 1 aromatic carbocycles. The molecule has 114 valence electrons. The van der Waals surface area contributed by atoms with Crippen molar-refractivity contribution in [2.45, 2.75) is 51.2 Å². The number of anilines is 1. The number of nitrogens with one attached hydrogen (secondary N) is 2. The lowest BCUT2D eigenvalue weighted by atomic mass is 9.94. The quantitative estimate of drug-likeness (QED) is 0.876. The average molecular weight is 288 g/mol. The van der Waals surface area contributed by atoms with Gasteiger partial charge in [0.2, 0.25) is 5.91 Å². The number of carbonyl (C=O) groups is 1. The van der Waals surface area contributed by atoms with Gasteiger partial charge >= 0.3 is 0 Å². The molecule has 2 aliphatic rings. The standard InChI is InChI=1S/C17H24N2O2/c1-2-18-16(11-14-4-3-9-21-14)13-5-7-15-12(10-13)6-8-17(20)19-15/h5,7,10,14,16,18H,2-4,6,8-9,11H2,1H3,(H,19,20). The lowest BCUT2D eigenvalue weighted by Gasteiger charge is -2.24. The van der Waals surface area contributed by atoms with Gasteiger partial charge in [-0.05, 0) is 49.4 Å². The van der Waals surface area contributed by atoms with Crippen LogP contribution in [0, 0.1) is 0 Å². The molecular formula is C17H24N2O2. The van der Waals surface area contributed by atoms with Crippen molar-refractivity contribution >= 4 is 11.6 Å². The molecule has 4 heteroatoms. The number of benzene rings is 1. The highest BCUT2D eigenvalue weighted by Crippen LogP contribution is 2.30. The van der Waals surface area contributed by atoms with E-state index in [2.05, 4.69) is 29.7 Å². The Kier molecular flexibility index (Phi) is 4.56. The maximum absolute atomic E-state index is 11.4. The van der Waals surface area contributed by atoms with Crippen LogP contribution in [0.25, 0.3) is 0 Å². The summed E-state index contributed by atoms with van der Waals surface area (Å²) < 4.78 is 5.78. The van der Waals surface area contributed by atoms with Gasteiger partial charge in [-0.3, -0.25) is 4.79 Å². The van der Waals surface area contributed by atoms with E-state index in [1.165, 1.54) is 24.0 Å². The largest absolute Gasteiger partial charge is 0.378 e. The van der Waals surface area contributed by atoms with E-state index in [0.717, 1.165) is 31.7 Å². The summed E-state index contributed by atoms with van der Waals surface area (Å²) in [5.74, 6) is 0.123. The maximum Gasteiger partial charge on any atom is 0.224 e. The summed E-state index contributed by atoms with van der Waals surface area (Å²) in [6, 6.07) is 6.76. The molecule has 3 rings (SSSR count). The number of hydrogen-bond acceptors (Lipinski definition) is 3. The molecule has 2 heterocycles. The Morgan fingerprint density at radius 1 is 1.43 bits per heavy atom. The highest BCUT2D eigenvalue weighted by molar-refractivity contribution is 5.93. The van der Waals surface area contributed by atoms with Crippen molar-refractivity contribution in [3.05, 3.63) is 29.3 Å². The summed E-state index contributed by atoms with van der Waals surface area (Å²) in [5.41, 5.74) is 3.53. The predicted molar refractivity (Wildman–Crippen MR) is 83.4 cm³/mol. The molecule has 1 aromatic rings. The lowest BCUT2D eigenvalue weighted by molar-refractivity contribution is -0.116. The third-order valence-electron chi connectivity index (χ3n) is 4.40. The molecule has 2 unspecified atom stereocenters. The molecule has 0 bridgehead atoms. The van der Waals surface area contributed by atoms with Crippen LogP contribution in [-0.2, 0) is 16.0 Å². The van der Waals surface area contributed by atoms with Crippen molar-refractivity contribution in [1.82, 2.24) is 5.32 Å². The van der Waals surface area contributed by atoms with Gasteiger partial charge in [-0.15, -0.1) is 0 Å². The fourth-order valence-corrected chi connectivity index (χ4v) is 3.30. The van der Waals surface area contributed by atoms with Gasteiger partial charge in [0.25, 0.3) is 0 Å². The summed E-state index contributed by atoms with van der Waals surface area (Å²) in [5, 5.41) is 6.52. The second kappa shape index (κ2) is 6.58. The van der Waals surface area contributed by atoms with Gasteiger partial charge < -0.3 is 15.4 Å². The van der Waals surface area contributed by atoms with E-state index in [1.54, 1.807) is 0 Å². The molecule has 21 heavy (non-hydrogen) atoms. The molecule has 0 aliphatic carbocycles. The van der Waals surface area contributed by atoms with Crippen molar-refractivity contribution in [3.63, 3.8) is 0 Å². The van der Waals surface area contributed by atoms with Crippen LogP contribution in [0.5, 0.6) is 0 Å². The number of fused-ring (bicyclic) bond motifs is 1. The summed E-state index contributed by atoms with van der Waals surface area (Å²) in [7, 11) is 0. The zero-order valence-corrected chi connectivity index (χ0v) is 12.7. The zero-order chi connectivity index (χ0) is 14.7. The Balaban J connectivity index is 1.76. The second-order valence-corrected chi connectivity index (χ2v) is 5.95. The van der Waals surface area contributed by atoms with Crippen LogP contribution in [0.4, 0.5) is 5.69 Å². The zero-order valence-electron chi connectivity index (χ0n) is 12.7. The summed E-state index contributed by atoms with van der Waals surface area (Å²) in [6.45, 7) is 3.99. The van der Waals surface area contributed by atoms with Gasteiger partial charge in [-0.1, -0.05) is 19.1 Å². The molecule has 1 saturated heterocycles. The van der Waals surface area contributed by atoms with Crippen molar-refractivity contribution in [1.29, 1.82) is 0 Å². The van der Waals surface area contributed by atoms with Crippen LogP contribution in [-0.4, -0.2) is 25.2 Å². The molecule has 0 spiro atoms. The predicted octanol–water partition coefficient (Wildman–Crippen LogP) is 2.79. The van der Waals surface area contributed by atoms with E-state index in [1.807, 2.05) is 6.07 Å². The molecule has 2 atom stereocenters. The van der Waals surface area contributed by atoms with Crippen LogP contribution < -0.4 is 10.6 Å². The Morgan fingerprint density at radius 2 is 2.33 bits per heavy atom. The Bertz CT molecular complexity index is 510. The van der Waals surface area contributed by atoms with Crippen molar-refractivity contribution in [2.75, 3.05) is 18.5 Å². The summed E-state index contributed by atoms with van der Waals surface area (Å²) >= 11 is 0. The normalized spacial score (nSPS) is 22.7. The highest BCUT2D eigenvalue weighted by Gasteiger charge is 2.23. The molecule has 1 fully saturated rings. The topological polar surface area (TPSA) is 50.4 Å². The highest BCUT2D eigenvalue weighted by atomic mass is 16.5. The Morgan fingerprint density at radius 3 is 3.10 bits per heavy atom. The fourth-order valence-electron chi connectivity index (χ4n) is 3.30. The fraction of sp³-hybridized carbons (Fsp3) is 0.588. The lowest BCUT2D eigenvalue weighted by Crippen LogP contribution is -2.26. The first-order valence-electron chi connectivity index (χ1n) is 8.04. The van der Waals surface area contributed by atoms with E-state index in [9.17, 15) is 4.79 Å². The minimum Gasteiger partial charge on any atom is -0.378 e. The van der Waals surface area contributed by atoms with Gasteiger partial charge in [-0.25, -0.2) is 0 Å². The number of hydrogen-bond donors (Lipinski definition) is 2. The van der Waals surface area contributed by atoms with Crippen molar-refractivity contribution in [2.24, 2.45) is 0 Å². The van der Waals surface area contributed by atoms with Crippen molar-refractivity contribution in [3.8, 4) is 0 Å². The minimum atomic E-state index is 0.123. The molecule has 2 N–H and O–H groups in total. The SMILES string of the molecule is CCNC(CC1CCCO1)c1ccc2c(c1)CCC(=O)N2. The van der Waals surface area contributed by atoms with E-state index in [-0.39, 0.29) is 5.91 Å². The van der Waals surface area contributed by atoms with Gasteiger partial charge in [-0.2, -0.15) is 0 Å². The molecule has 0 radical (unpaired) electrons. The van der Waals surface area contributed by atoms with E-state index in [0.29, 0.717) is 18.6 Å². The monoisotopic (exact) mass is 288 g/mol. The summed E-state index contributed by atoms with van der Waals surface area (Å²) in [4.78, 5) is 11.4. The number of rotatable bonds is 5. The molecule has 1 amide bonds. The third-order valence-corrected chi connectivity index (χ3v) is 4.40. The van der Waals surface area contributed by atoms with Gasteiger partial charge in [0.15, 0.2) is 0 Å². The van der Waals surface area contributed by atoms with Gasteiger partial charge in [0, 0.05) is 24.8 Å². The number of aryl methyl sites for hydroxylation is 1. The average Bonchev–Trinajstić information content (AvgIpc) is 2.99. The van der Waals surface area contributed by atoms with Crippen LogP contribution in [0.15, 0.2) is 18.2 Å². The second-order valence-electron chi connectivity index (χ2n) is 5.95. The number of amides is 1. The van der Waals surface area contributed by atoms with Crippen LogP contribution in [0.2, 0.25) is 0 Å². The van der Waals surface area contributed by atoms with Gasteiger partial charge in [0.05, 0.1) is 6.10 Å². The summed E-state index contributed by atoms with van der Waals surface area (Å²) in [6.07, 6.45) is 5.19. The maximum atomic E-state index is 11.4. The van der Waals surface area contributed by atoms with Crippen LogP contribution in [0.3, 0.4) is 0 Å². The molecular weight excluding hydrogens is 264 g/mol. The first-order chi connectivity index (χ1) is 10.3. The first kappa shape index (κ1) is 14.5. The molecule has 2 aliphatic heterocycles. The van der Waals surface area contributed by atoms with Crippen LogP contribution in [0.1, 0.15) is 49.8 Å². The Hall–Kier alpha value is -1.39. The van der Waals surface area contributed by atoms with Gasteiger partial charge in [0.1, 0.15) is 0 Å².